The van der Waals surface area contributed by atoms with Gasteiger partial charge in [-0.3, -0.25) is 0 Å². The van der Waals surface area contributed by atoms with Crippen LogP contribution in [0.2, 0.25) is 25.7 Å². The maximum atomic E-state index is 12.8. The Balaban J connectivity index is 2.03. The van der Waals surface area contributed by atoms with E-state index < -0.39 is 13.9 Å². The van der Waals surface area contributed by atoms with Crippen molar-refractivity contribution >= 4 is 14.0 Å². The zero-order valence-electron chi connectivity index (χ0n) is 19.1. The highest BCUT2D eigenvalue weighted by molar-refractivity contribution is 6.76. The van der Waals surface area contributed by atoms with E-state index in [0.29, 0.717) is 12.2 Å². The van der Waals surface area contributed by atoms with Gasteiger partial charge in [-0.2, -0.15) is 0 Å². The summed E-state index contributed by atoms with van der Waals surface area (Å²) in [6, 6.07) is 5.09. The number of ether oxygens (including phenoxy) is 3. The van der Waals surface area contributed by atoms with Crippen LogP contribution in [0.1, 0.15) is 53.7 Å². The first kappa shape index (κ1) is 24.1. The summed E-state index contributed by atoms with van der Waals surface area (Å²) in [5.74, 6) is -0.880. The van der Waals surface area contributed by atoms with Crippen molar-refractivity contribution in [2.45, 2.75) is 90.6 Å². The third-order valence-corrected chi connectivity index (χ3v) is 6.95. The van der Waals surface area contributed by atoms with E-state index in [1.807, 2.05) is 26.8 Å². The smallest absolute Gasteiger partial charge is 0.338 e. The predicted octanol–water partition coefficient (Wildman–Crippen LogP) is 4.63. The van der Waals surface area contributed by atoms with Gasteiger partial charge in [0.05, 0.1) is 24.9 Å². The van der Waals surface area contributed by atoms with Gasteiger partial charge < -0.3 is 19.3 Å². The van der Waals surface area contributed by atoms with Crippen LogP contribution in [0.15, 0.2) is 12.1 Å². The van der Waals surface area contributed by atoms with Crippen LogP contribution in [-0.2, 0) is 20.6 Å². The van der Waals surface area contributed by atoms with Gasteiger partial charge in [0, 0.05) is 8.07 Å². The molecule has 1 aromatic rings. The van der Waals surface area contributed by atoms with E-state index in [1.54, 1.807) is 0 Å². The lowest BCUT2D eigenvalue weighted by Gasteiger charge is -2.18. The number of carbonyl (C=O) groups is 1. The van der Waals surface area contributed by atoms with Crippen LogP contribution in [0.25, 0.3) is 0 Å². The minimum atomic E-state index is -1.24. The molecule has 2 rings (SSSR count). The normalized spacial score (nSPS) is 21.4. The van der Waals surface area contributed by atoms with Crippen LogP contribution >= 0.6 is 0 Å². The van der Waals surface area contributed by atoms with E-state index >= 15 is 0 Å². The largest absolute Gasteiger partial charge is 0.462 e. The van der Waals surface area contributed by atoms with E-state index in [1.165, 1.54) is 0 Å². The molecule has 1 heterocycles. The molecule has 164 valence electrons. The molecule has 5 nitrogen and oxygen atoms in total. The summed E-state index contributed by atoms with van der Waals surface area (Å²) in [6.07, 6.45) is 1.95. The SMILES string of the molecule is Cc1cc(C)c(C(=O)OCC[Si](C)(C)C)c(CCC[C@@H]2OC(C)(C)OC2CO)c1. The lowest BCUT2D eigenvalue weighted by Crippen LogP contribution is -2.26. The van der Waals surface area contributed by atoms with Gasteiger partial charge in [-0.05, 0) is 64.1 Å². The van der Waals surface area contributed by atoms with E-state index in [0.717, 1.165) is 42.0 Å². The van der Waals surface area contributed by atoms with E-state index in [4.69, 9.17) is 14.2 Å². The van der Waals surface area contributed by atoms with Crippen molar-refractivity contribution in [2.75, 3.05) is 13.2 Å². The molecule has 0 bridgehead atoms. The molecule has 0 aliphatic carbocycles. The van der Waals surface area contributed by atoms with Crippen molar-refractivity contribution in [3.63, 3.8) is 0 Å². The standard InChI is InChI=1S/C23H38O5Si/c1-16-13-17(2)21(22(25)26-11-12-29(5,6)7)18(14-16)9-8-10-19-20(15-24)28-23(3,4)27-19/h13-14,19-20,24H,8-12,15H2,1-7H3/t19-,20?/m0/s1. The highest BCUT2D eigenvalue weighted by Crippen LogP contribution is 2.31. The molecule has 1 aromatic carbocycles. The van der Waals surface area contributed by atoms with Gasteiger partial charge in [0.2, 0.25) is 0 Å². The van der Waals surface area contributed by atoms with Gasteiger partial charge in [-0.15, -0.1) is 0 Å². The van der Waals surface area contributed by atoms with Crippen molar-refractivity contribution in [3.8, 4) is 0 Å². The van der Waals surface area contributed by atoms with Crippen LogP contribution in [0.3, 0.4) is 0 Å². The highest BCUT2D eigenvalue weighted by atomic mass is 28.3. The van der Waals surface area contributed by atoms with Gasteiger partial charge in [0.15, 0.2) is 5.79 Å². The summed E-state index contributed by atoms with van der Waals surface area (Å²) >= 11 is 0. The molecule has 2 atom stereocenters. The minimum Gasteiger partial charge on any atom is -0.462 e. The Hall–Kier alpha value is -1.21. The third-order valence-electron chi connectivity index (χ3n) is 5.25. The quantitative estimate of drug-likeness (QED) is 0.464. The molecular weight excluding hydrogens is 384 g/mol. The molecule has 1 N–H and O–H groups in total. The number of rotatable bonds is 9. The molecular formula is C23H38O5Si. The highest BCUT2D eigenvalue weighted by Gasteiger charge is 2.40. The van der Waals surface area contributed by atoms with Gasteiger partial charge >= 0.3 is 5.97 Å². The Morgan fingerprint density at radius 2 is 1.83 bits per heavy atom. The third kappa shape index (κ3) is 7.21. The van der Waals surface area contributed by atoms with Crippen molar-refractivity contribution < 1.29 is 24.1 Å². The lowest BCUT2D eigenvalue weighted by atomic mass is 9.94. The molecule has 0 aromatic heterocycles. The second-order valence-corrected chi connectivity index (χ2v) is 15.5. The summed E-state index contributed by atoms with van der Waals surface area (Å²) in [5, 5.41) is 9.55. The summed E-state index contributed by atoms with van der Waals surface area (Å²) in [6.45, 7) is 15.0. The molecule has 29 heavy (non-hydrogen) atoms. The molecule has 1 aliphatic heterocycles. The maximum absolute atomic E-state index is 12.8. The Morgan fingerprint density at radius 1 is 1.17 bits per heavy atom. The number of aliphatic hydroxyl groups is 1. The van der Waals surface area contributed by atoms with Crippen LogP contribution in [0.4, 0.5) is 0 Å². The Labute approximate surface area is 176 Å². The predicted molar refractivity (Wildman–Crippen MR) is 118 cm³/mol. The van der Waals surface area contributed by atoms with Gasteiger partial charge in [0.25, 0.3) is 0 Å². The van der Waals surface area contributed by atoms with Crippen LogP contribution in [0.5, 0.6) is 0 Å². The van der Waals surface area contributed by atoms with E-state index in [9.17, 15) is 9.90 Å². The first-order valence-electron chi connectivity index (χ1n) is 10.7. The first-order valence-corrected chi connectivity index (χ1v) is 14.4. The Bertz CT molecular complexity index is 708. The molecule has 6 heteroatoms. The van der Waals surface area contributed by atoms with Crippen LogP contribution in [0, 0.1) is 13.8 Å². The molecule has 0 spiro atoms. The summed E-state index contributed by atoms with van der Waals surface area (Å²) in [7, 11) is -1.24. The monoisotopic (exact) mass is 422 g/mol. The average Bonchev–Trinajstić information content (AvgIpc) is 2.87. The van der Waals surface area contributed by atoms with Gasteiger partial charge in [0.1, 0.15) is 6.10 Å². The fourth-order valence-electron chi connectivity index (χ4n) is 3.87. The van der Waals surface area contributed by atoms with Gasteiger partial charge in [-0.1, -0.05) is 37.3 Å². The minimum absolute atomic E-state index is 0.0493. The zero-order valence-corrected chi connectivity index (χ0v) is 20.1. The number of carbonyl (C=O) groups excluding carboxylic acids is 1. The van der Waals surface area contributed by atoms with Crippen molar-refractivity contribution in [2.24, 2.45) is 0 Å². The second kappa shape index (κ2) is 9.73. The molecule has 0 radical (unpaired) electrons. The fourth-order valence-corrected chi connectivity index (χ4v) is 4.58. The molecule has 0 saturated carbocycles. The molecule has 0 amide bonds. The van der Waals surface area contributed by atoms with E-state index in [-0.39, 0.29) is 24.8 Å². The topological polar surface area (TPSA) is 65.0 Å². The molecule has 1 aliphatic rings. The molecule has 1 fully saturated rings. The molecule has 1 unspecified atom stereocenters. The number of hydrogen-bond donors (Lipinski definition) is 1. The zero-order chi connectivity index (χ0) is 21.8. The summed E-state index contributed by atoms with van der Waals surface area (Å²) in [4.78, 5) is 12.8. The van der Waals surface area contributed by atoms with Crippen molar-refractivity contribution in [1.82, 2.24) is 0 Å². The number of benzene rings is 1. The first-order chi connectivity index (χ1) is 13.4. The maximum Gasteiger partial charge on any atom is 0.338 e. The summed E-state index contributed by atoms with van der Waals surface area (Å²) in [5.41, 5.74) is 3.84. The second-order valence-electron chi connectivity index (χ2n) is 9.85. The van der Waals surface area contributed by atoms with Crippen LogP contribution in [-0.4, -0.2) is 50.4 Å². The van der Waals surface area contributed by atoms with Gasteiger partial charge in [-0.25, -0.2) is 4.79 Å². The summed E-state index contributed by atoms with van der Waals surface area (Å²) < 4.78 is 17.3. The number of hydrogen-bond acceptors (Lipinski definition) is 5. The van der Waals surface area contributed by atoms with Crippen molar-refractivity contribution in [3.05, 3.63) is 34.4 Å². The molecule has 1 saturated heterocycles. The van der Waals surface area contributed by atoms with Crippen LogP contribution < -0.4 is 0 Å². The van der Waals surface area contributed by atoms with E-state index in [2.05, 4.69) is 32.6 Å². The Kier molecular flexibility index (Phi) is 8.07. The lowest BCUT2D eigenvalue weighted by molar-refractivity contribution is -0.149. The number of aryl methyl sites for hydroxylation is 3. The fraction of sp³-hybridized carbons (Fsp3) is 0.696. The number of aliphatic hydroxyl groups excluding tert-OH is 1. The number of esters is 1. The Morgan fingerprint density at radius 3 is 2.45 bits per heavy atom. The van der Waals surface area contributed by atoms with Crippen molar-refractivity contribution in [1.29, 1.82) is 0 Å². The average molecular weight is 423 g/mol.